The Hall–Kier alpha value is -4.38. The van der Waals surface area contributed by atoms with Gasteiger partial charge in [-0.3, -0.25) is 0 Å². The third-order valence-corrected chi connectivity index (χ3v) is 6.63. The first-order valence-electron chi connectivity index (χ1n) is 12.3. The van der Waals surface area contributed by atoms with Crippen molar-refractivity contribution >= 4 is 5.69 Å². The van der Waals surface area contributed by atoms with Gasteiger partial charge in [-0.25, -0.2) is 17.6 Å². The van der Waals surface area contributed by atoms with Crippen LogP contribution in [0.25, 0.3) is 0 Å². The minimum Gasteiger partial charge on any atom is -0.349 e. The van der Waals surface area contributed by atoms with Gasteiger partial charge in [0.15, 0.2) is 0 Å². The average Bonchev–Trinajstić information content (AvgIpc) is 2.92. The summed E-state index contributed by atoms with van der Waals surface area (Å²) in [5, 5.41) is 0. The minimum absolute atomic E-state index is 0.373. The lowest BCUT2D eigenvalue weighted by Crippen LogP contribution is -2.34. The van der Waals surface area contributed by atoms with Crippen LogP contribution in [0.5, 0.6) is 0 Å². The first kappa shape index (κ1) is 25.3. The highest BCUT2D eigenvalue weighted by molar-refractivity contribution is 5.58. The largest absolute Gasteiger partial charge is 0.349 e. The molecule has 0 saturated carbocycles. The summed E-state index contributed by atoms with van der Waals surface area (Å²) in [7, 11) is 0. The molecule has 0 fully saturated rings. The molecule has 0 aliphatic heterocycles. The molecule has 5 heteroatoms. The van der Waals surface area contributed by atoms with Crippen LogP contribution in [0.4, 0.5) is 23.2 Å². The maximum absolute atomic E-state index is 14.0. The molecule has 0 amide bonds. The SMILES string of the molecule is Cc1ccc(N(C(c2ccc(F)cc2)c2ccc(F)cc2)C(c2ccc(F)cc2)c2ccc(F)cc2)cc1. The summed E-state index contributed by atoms with van der Waals surface area (Å²) in [5.74, 6) is -1.49. The number of anilines is 1. The van der Waals surface area contributed by atoms with E-state index in [4.69, 9.17) is 0 Å². The summed E-state index contributed by atoms with van der Waals surface area (Å²) < 4.78 is 56.0. The summed E-state index contributed by atoms with van der Waals surface area (Å²) in [5.41, 5.74) is 4.98. The zero-order valence-electron chi connectivity index (χ0n) is 20.7. The van der Waals surface area contributed by atoms with Crippen molar-refractivity contribution in [3.8, 4) is 0 Å². The Morgan fingerprint density at radius 1 is 0.395 bits per heavy atom. The summed E-state index contributed by atoms with van der Waals surface area (Å²) in [6.07, 6.45) is 0. The third-order valence-electron chi connectivity index (χ3n) is 6.63. The van der Waals surface area contributed by atoms with Crippen LogP contribution >= 0.6 is 0 Å². The molecule has 0 radical (unpaired) electrons. The molecule has 5 rings (SSSR count). The third kappa shape index (κ3) is 5.47. The van der Waals surface area contributed by atoms with E-state index in [1.165, 1.54) is 48.5 Å². The molecular weight excluding hydrogens is 486 g/mol. The second kappa shape index (κ2) is 10.9. The van der Waals surface area contributed by atoms with E-state index >= 15 is 0 Å². The first-order valence-corrected chi connectivity index (χ1v) is 12.3. The summed E-state index contributed by atoms with van der Waals surface area (Å²) >= 11 is 0. The molecule has 1 nitrogen and oxygen atoms in total. The Bertz CT molecular complexity index is 1290. The van der Waals surface area contributed by atoms with Gasteiger partial charge in [-0.05, 0) is 89.8 Å². The van der Waals surface area contributed by atoms with Crippen LogP contribution < -0.4 is 4.90 Å². The predicted octanol–water partition coefficient (Wildman–Crippen LogP) is 8.94. The van der Waals surface area contributed by atoms with Gasteiger partial charge in [0.25, 0.3) is 0 Å². The monoisotopic (exact) mass is 511 g/mol. The summed E-state index contributed by atoms with van der Waals surface area (Å²) in [6, 6.07) is 31.7. The second-order valence-electron chi connectivity index (χ2n) is 9.25. The van der Waals surface area contributed by atoms with Crippen molar-refractivity contribution in [3.05, 3.63) is 172 Å². The lowest BCUT2D eigenvalue weighted by Gasteiger charge is -2.41. The van der Waals surface area contributed by atoms with Gasteiger partial charge in [0.05, 0.1) is 12.1 Å². The van der Waals surface area contributed by atoms with Crippen LogP contribution in [0.15, 0.2) is 121 Å². The fraction of sp³-hybridized carbons (Fsp3) is 0.0909. The zero-order valence-corrected chi connectivity index (χ0v) is 20.7. The number of hydrogen-bond acceptors (Lipinski definition) is 1. The number of aryl methyl sites for hydroxylation is 1. The van der Waals surface area contributed by atoms with Gasteiger partial charge in [0.1, 0.15) is 23.3 Å². The highest BCUT2D eigenvalue weighted by atomic mass is 19.1. The van der Waals surface area contributed by atoms with Crippen molar-refractivity contribution in [2.24, 2.45) is 0 Å². The van der Waals surface area contributed by atoms with Crippen LogP contribution in [0.2, 0.25) is 0 Å². The zero-order chi connectivity index (χ0) is 26.6. The van der Waals surface area contributed by atoms with E-state index in [0.717, 1.165) is 33.5 Å². The topological polar surface area (TPSA) is 3.24 Å². The van der Waals surface area contributed by atoms with Gasteiger partial charge in [-0.15, -0.1) is 0 Å². The Morgan fingerprint density at radius 2 is 0.658 bits per heavy atom. The standard InChI is InChI=1S/C33H25F4N/c1-22-2-20-31(21-3-22)38(32(23-4-12-27(34)13-5-23)24-6-14-28(35)15-7-24)33(25-8-16-29(36)17-9-25)26-10-18-30(37)19-11-26/h2-21,32-33H,1H3. The van der Waals surface area contributed by atoms with Crippen molar-refractivity contribution in [1.82, 2.24) is 0 Å². The Kier molecular flexibility index (Phi) is 7.27. The number of hydrogen-bond donors (Lipinski definition) is 0. The van der Waals surface area contributed by atoms with Gasteiger partial charge in [-0.1, -0.05) is 66.2 Å². The molecule has 0 aliphatic carbocycles. The van der Waals surface area contributed by atoms with Crippen LogP contribution in [0, 0.1) is 30.2 Å². The van der Waals surface area contributed by atoms with Crippen molar-refractivity contribution < 1.29 is 17.6 Å². The lowest BCUT2D eigenvalue weighted by atomic mass is 9.89. The van der Waals surface area contributed by atoms with E-state index in [0.29, 0.717) is 0 Å². The summed E-state index contributed by atoms with van der Waals surface area (Å²) in [6.45, 7) is 1.99. The Morgan fingerprint density at radius 3 is 0.921 bits per heavy atom. The molecule has 0 aromatic heterocycles. The number of benzene rings is 5. The predicted molar refractivity (Wildman–Crippen MR) is 143 cm³/mol. The van der Waals surface area contributed by atoms with E-state index in [1.54, 1.807) is 48.5 Å². The number of halogens is 4. The lowest BCUT2D eigenvalue weighted by molar-refractivity contribution is 0.605. The molecule has 0 aliphatic rings. The van der Waals surface area contributed by atoms with Crippen LogP contribution in [-0.4, -0.2) is 0 Å². The average molecular weight is 512 g/mol. The Labute approximate surface area is 219 Å². The molecule has 0 heterocycles. The highest BCUT2D eigenvalue weighted by Gasteiger charge is 2.32. The van der Waals surface area contributed by atoms with Crippen LogP contribution in [-0.2, 0) is 0 Å². The highest BCUT2D eigenvalue weighted by Crippen LogP contribution is 2.43. The van der Waals surface area contributed by atoms with Gasteiger partial charge in [0.2, 0.25) is 0 Å². The summed E-state index contributed by atoms with van der Waals surface area (Å²) in [4.78, 5) is 2.13. The molecule has 0 atom stereocenters. The molecule has 0 unspecified atom stereocenters. The molecule has 190 valence electrons. The molecule has 5 aromatic carbocycles. The van der Waals surface area contributed by atoms with Crippen LogP contribution in [0.1, 0.15) is 39.9 Å². The van der Waals surface area contributed by atoms with Gasteiger partial charge in [0, 0.05) is 5.69 Å². The van der Waals surface area contributed by atoms with Gasteiger partial charge >= 0.3 is 0 Å². The molecule has 38 heavy (non-hydrogen) atoms. The van der Waals surface area contributed by atoms with Gasteiger partial charge < -0.3 is 4.90 Å². The molecule has 0 saturated heterocycles. The molecule has 0 spiro atoms. The van der Waals surface area contributed by atoms with Crippen molar-refractivity contribution in [1.29, 1.82) is 0 Å². The normalized spacial score (nSPS) is 11.2. The number of rotatable bonds is 7. The molecule has 5 aromatic rings. The number of nitrogens with zero attached hydrogens (tertiary/aromatic N) is 1. The molecular formula is C33H25F4N. The van der Waals surface area contributed by atoms with E-state index in [9.17, 15) is 17.6 Å². The van der Waals surface area contributed by atoms with Gasteiger partial charge in [-0.2, -0.15) is 0 Å². The van der Waals surface area contributed by atoms with E-state index in [2.05, 4.69) is 4.90 Å². The maximum atomic E-state index is 14.0. The molecule has 0 bridgehead atoms. The maximum Gasteiger partial charge on any atom is 0.123 e. The quantitative estimate of drug-likeness (QED) is 0.197. The van der Waals surface area contributed by atoms with Crippen molar-refractivity contribution in [3.63, 3.8) is 0 Å². The molecule has 0 N–H and O–H groups in total. The van der Waals surface area contributed by atoms with E-state index in [-0.39, 0.29) is 23.3 Å². The fourth-order valence-corrected chi connectivity index (χ4v) is 4.77. The fourth-order valence-electron chi connectivity index (χ4n) is 4.77. The first-order chi connectivity index (χ1) is 18.4. The minimum atomic E-state index is -0.501. The van der Waals surface area contributed by atoms with Crippen molar-refractivity contribution in [2.45, 2.75) is 19.0 Å². The smallest absolute Gasteiger partial charge is 0.123 e. The van der Waals surface area contributed by atoms with Crippen LogP contribution in [0.3, 0.4) is 0 Å². The van der Waals surface area contributed by atoms with Crippen molar-refractivity contribution in [2.75, 3.05) is 4.90 Å². The Balaban J connectivity index is 1.80. The second-order valence-corrected chi connectivity index (χ2v) is 9.25. The van der Waals surface area contributed by atoms with E-state index < -0.39 is 12.1 Å². The van der Waals surface area contributed by atoms with E-state index in [1.807, 2.05) is 31.2 Å².